The predicted octanol–water partition coefficient (Wildman–Crippen LogP) is 6.83. The molecule has 0 aliphatic rings. The lowest BCUT2D eigenvalue weighted by atomic mass is 9.61. The van der Waals surface area contributed by atoms with Crippen molar-refractivity contribution in [1.82, 2.24) is 4.57 Å². The van der Waals surface area contributed by atoms with E-state index in [0.29, 0.717) is 13.2 Å². The van der Waals surface area contributed by atoms with E-state index >= 15 is 0 Å². The zero-order valence-electron chi connectivity index (χ0n) is 19.0. The van der Waals surface area contributed by atoms with Crippen LogP contribution in [0.2, 0.25) is 0 Å². The summed E-state index contributed by atoms with van der Waals surface area (Å²) < 4.78 is 8.15. The predicted molar refractivity (Wildman–Crippen MR) is 122 cm³/mol. The van der Waals surface area contributed by atoms with Crippen LogP contribution in [-0.2, 0) is 16.1 Å². The molecular formula is C26H35NO2. The Morgan fingerprint density at radius 1 is 0.828 bits per heavy atom. The van der Waals surface area contributed by atoms with Crippen molar-refractivity contribution in [3.63, 3.8) is 0 Å². The highest BCUT2D eigenvalue weighted by molar-refractivity contribution is 6.07. The summed E-state index contributed by atoms with van der Waals surface area (Å²) in [5.41, 5.74) is 1.69. The first-order valence-electron chi connectivity index (χ1n) is 10.6. The Morgan fingerprint density at radius 2 is 1.31 bits per heavy atom. The molecule has 0 N–H and O–H groups in total. The molecule has 1 atom stereocenters. The third-order valence-electron chi connectivity index (χ3n) is 6.22. The average Bonchev–Trinajstić information content (AvgIpc) is 2.94. The SMILES string of the molecule is CC(C)(C)CC(C)(C(=O)OCCn1c2ccccc2c2ccccc21)C(C)(C)C. The lowest BCUT2D eigenvalue weighted by Gasteiger charge is -2.43. The fourth-order valence-electron chi connectivity index (χ4n) is 4.34. The molecule has 0 saturated heterocycles. The van der Waals surface area contributed by atoms with Crippen molar-refractivity contribution in [3.8, 4) is 0 Å². The largest absolute Gasteiger partial charge is 0.463 e. The van der Waals surface area contributed by atoms with Crippen molar-refractivity contribution in [2.75, 3.05) is 6.61 Å². The summed E-state index contributed by atoms with van der Waals surface area (Å²) >= 11 is 0. The Morgan fingerprint density at radius 3 is 1.76 bits per heavy atom. The first kappa shape index (κ1) is 21.4. The smallest absolute Gasteiger partial charge is 0.312 e. The minimum Gasteiger partial charge on any atom is -0.463 e. The van der Waals surface area contributed by atoms with Crippen LogP contribution in [0.25, 0.3) is 21.8 Å². The van der Waals surface area contributed by atoms with Crippen molar-refractivity contribution in [2.45, 2.75) is 61.4 Å². The molecule has 156 valence electrons. The quantitative estimate of drug-likeness (QED) is 0.445. The minimum absolute atomic E-state index is 0.0495. The Bertz CT molecular complexity index is 963. The van der Waals surface area contributed by atoms with Crippen molar-refractivity contribution in [3.05, 3.63) is 48.5 Å². The molecule has 3 aromatic rings. The van der Waals surface area contributed by atoms with Crippen molar-refractivity contribution in [1.29, 1.82) is 0 Å². The Kier molecular flexibility index (Phi) is 5.55. The third-order valence-corrected chi connectivity index (χ3v) is 6.22. The molecule has 3 rings (SSSR count). The van der Waals surface area contributed by atoms with Crippen LogP contribution < -0.4 is 0 Å². The maximum atomic E-state index is 13.2. The molecule has 1 aromatic heterocycles. The van der Waals surface area contributed by atoms with Gasteiger partial charge in [-0.25, -0.2) is 0 Å². The molecule has 0 amide bonds. The van der Waals surface area contributed by atoms with Gasteiger partial charge < -0.3 is 9.30 Å². The molecule has 0 radical (unpaired) electrons. The maximum Gasteiger partial charge on any atom is 0.312 e. The maximum absolute atomic E-state index is 13.2. The van der Waals surface area contributed by atoms with Crippen LogP contribution >= 0.6 is 0 Å². The molecule has 0 aliphatic heterocycles. The van der Waals surface area contributed by atoms with Crippen LogP contribution in [0.4, 0.5) is 0 Å². The summed E-state index contributed by atoms with van der Waals surface area (Å²) in [4.78, 5) is 13.2. The number of ether oxygens (including phenoxy) is 1. The summed E-state index contributed by atoms with van der Waals surface area (Å²) in [7, 11) is 0. The standard InChI is InChI=1S/C26H35NO2/c1-24(2,3)18-26(7,25(4,5)6)23(28)29-17-16-27-21-14-10-8-12-19(21)20-13-9-11-15-22(20)27/h8-15H,16-18H2,1-7H3. The van der Waals surface area contributed by atoms with E-state index in [2.05, 4.69) is 102 Å². The van der Waals surface area contributed by atoms with Crippen LogP contribution in [0.1, 0.15) is 54.9 Å². The highest BCUT2D eigenvalue weighted by atomic mass is 16.5. The van der Waals surface area contributed by atoms with E-state index in [4.69, 9.17) is 4.74 Å². The molecule has 0 saturated carbocycles. The summed E-state index contributed by atoms with van der Waals surface area (Å²) in [6.45, 7) is 16.0. The third kappa shape index (κ3) is 4.19. The number of esters is 1. The molecule has 2 aromatic carbocycles. The topological polar surface area (TPSA) is 31.2 Å². The molecule has 3 nitrogen and oxygen atoms in total. The highest BCUT2D eigenvalue weighted by Crippen LogP contribution is 2.47. The van der Waals surface area contributed by atoms with Gasteiger partial charge in [-0.1, -0.05) is 77.9 Å². The van der Waals surface area contributed by atoms with E-state index < -0.39 is 5.41 Å². The number of para-hydroxylation sites is 2. The zero-order chi connectivity index (χ0) is 21.4. The van der Waals surface area contributed by atoms with Crippen molar-refractivity contribution < 1.29 is 9.53 Å². The average molecular weight is 394 g/mol. The van der Waals surface area contributed by atoms with Crippen LogP contribution in [0.5, 0.6) is 0 Å². The van der Waals surface area contributed by atoms with Crippen molar-refractivity contribution >= 4 is 27.8 Å². The first-order valence-corrected chi connectivity index (χ1v) is 10.6. The normalized spacial score (nSPS) is 14.9. The first-order chi connectivity index (χ1) is 13.4. The lowest BCUT2D eigenvalue weighted by molar-refractivity contribution is -0.165. The molecular weight excluding hydrogens is 358 g/mol. The molecule has 0 fully saturated rings. The van der Waals surface area contributed by atoms with Crippen LogP contribution in [0, 0.1) is 16.2 Å². The van der Waals surface area contributed by atoms with Gasteiger partial charge in [-0.15, -0.1) is 0 Å². The van der Waals surface area contributed by atoms with E-state index in [0.717, 1.165) is 6.42 Å². The van der Waals surface area contributed by atoms with Gasteiger partial charge in [-0.05, 0) is 36.3 Å². The number of benzene rings is 2. The molecule has 0 bridgehead atoms. The van der Waals surface area contributed by atoms with Gasteiger partial charge in [0, 0.05) is 21.8 Å². The van der Waals surface area contributed by atoms with Gasteiger partial charge in [0.2, 0.25) is 0 Å². The van der Waals surface area contributed by atoms with E-state index in [1.54, 1.807) is 0 Å². The van der Waals surface area contributed by atoms with E-state index in [1.807, 2.05) is 0 Å². The molecule has 0 spiro atoms. The Hall–Kier alpha value is -2.29. The molecule has 29 heavy (non-hydrogen) atoms. The second-order valence-corrected chi connectivity index (χ2v) is 10.6. The number of hydrogen-bond acceptors (Lipinski definition) is 2. The van der Waals surface area contributed by atoms with Gasteiger partial charge in [0.1, 0.15) is 6.61 Å². The molecule has 1 unspecified atom stereocenters. The van der Waals surface area contributed by atoms with Crippen LogP contribution in [0.15, 0.2) is 48.5 Å². The van der Waals surface area contributed by atoms with E-state index in [1.165, 1.54) is 21.8 Å². The summed E-state index contributed by atoms with van der Waals surface area (Å²) in [6.07, 6.45) is 0.789. The van der Waals surface area contributed by atoms with Crippen LogP contribution in [-0.4, -0.2) is 17.1 Å². The number of aromatic nitrogens is 1. The van der Waals surface area contributed by atoms with E-state index in [9.17, 15) is 4.79 Å². The number of nitrogens with zero attached hydrogens (tertiary/aromatic N) is 1. The number of rotatable bonds is 5. The van der Waals surface area contributed by atoms with Crippen LogP contribution in [0.3, 0.4) is 0 Å². The van der Waals surface area contributed by atoms with E-state index in [-0.39, 0.29) is 16.8 Å². The highest BCUT2D eigenvalue weighted by Gasteiger charge is 2.47. The van der Waals surface area contributed by atoms with Crippen molar-refractivity contribution in [2.24, 2.45) is 16.2 Å². The number of fused-ring (bicyclic) bond motifs is 3. The summed E-state index contributed by atoms with van der Waals surface area (Å²) in [5.74, 6) is -0.0966. The Balaban J connectivity index is 1.82. The Labute approximate surface area is 175 Å². The van der Waals surface area contributed by atoms with Gasteiger partial charge in [0.25, 0.3) is 0 Å². The number of carbonyl (C=O) groups excluding carboxylic acids is 1. The van der Waals surface area contributed by atoms with Gasteiger partial charge >= 0.3 is 5.97 Å². The molecule has 3 heteroatoms. The monoisotopic (exact) mass is 393 g/mol. The lowest BCUT2D eigenvalue weighted by Crippen LogP contribution is -2.44. The number of carbonyl (C=O) groups is 1. The van der Waals surface area contributed by atoms with Gasteiger partial charge in [0.05, 0.1) is 12.0 Å². The second kappa shape index (κ2) is 7.51. The summed E-state index contributed by atoms with van der Waals surface area (Å²) in [6, 6.07) is 16.8. The molecule has 0 aliphatic carbocycles. The summed E-state index contributed by atoms with van der Waals surface area (Å²) in [5, 5.41) is 2.48. The van der Waals surface area contributed by atoms with Gasteiger partial charge in [-0.3, -0.25) is 4.79 Å². The number of hydrogen-bond donors (Lipinski definition) is 0. The zero-order valence-corrected chi connectivity index (χ0v) is 19.0. The molecule has 1 heterocycles. The fourth-order valence-corrected chi connectivity index (χ4v) is 4.34. The van der Waals surface area contributed by atoms with Gasteiger partial charge in [-0.2, -0.15) is 0 Å². The van der Waals surface area contributed by atoms with Gasteiger partial charge in [0.15, 0.2) is 0 Å². The second-order valence-electron chi connectivity index (χ2n) is 10.6. The minimum atomic E-state index is -0.536. The fraction of sp³-hybridized carbons (Fsp3) is 0.500.